The Hall–Kier alpha value is -2.04. The Morgan fingerprint density at radius 3 is 2.45 bits per heavy atom. The second kappa shape index (κ2) is 8.76. The molecule has 0 spiro atoms. The van der Waals surface area contributed by atoms with Gasteiger partial charge in [0.2, 0.25) is 15.2 Å². The Bertz CT molecular complexity index is 979. The molecule has 0 saturated carbocycles. The van der Waals surface area contributed by atoms with Crippen molar-refractivity contribution < 1.29 is 13.2 Å². The fourth-order valence-corrected chi connectivity index (χ4v) is 4.83. The number of nitrogens with one attached hydrogen (secondary N) is 1. The number of nitrogens with zero attached hydrogens (tertiary/aromatic N) is 4. The molecule has 1 fully saturated rings. The summed E-state index contributed by atoms with van der Waals surface area (Å²) in [5.41, 5.74) is 1.07. The lowest BCUT2D eigenvalue weighted by atomic mass is 10.1. The highest BCUT2D eigenvalue weighted by Gasteiger charge is 2.25. The van der Waals surface area contributed by atoms with Crippen LogP contribution in [0.5, 0.6) is 0 Å². The molecule has 2 heterocycles. The van der Waals surface area contributed by atoms with Crippen molar-refractivity contribution in [2.24, 2.45) is 0 Å². The number of hydrogen-bond donors (Lipinski definition) is 1. The first-order valence-electron chi connectivity index (χ1n) is 9.66. The first-order chi connectivity index (χ1) is 13.7. The number of aromatic nitrogens is 2. The minimum Gasteiger partial charge on any atom is -0.371 e. The van der Waals surface area contributed by atoms with E-state index in [2.05, 4.69) is 20.4 Å². The van der Waals surface area contributed by atoms with Gasteiger partial charge in [0.1, 0.15) is 5.01 Å². The third-order valence-corrected chi connectivity index (χ3v) is 7.79. The van der Waals surface area contributed by atoms with Gasteiger partial charge >= 0.3 is 0 Å². The minimum atomic E-state index is -3.65. The SMILES string of the molecule is CC(C)c1nnc(NC(=O)c2cc(S(=O)(=O)N(C)C)ccc2N2CCCCC2)s1. The van der Waals surface area contributed by atoms with Gasteiger partial charge in [-0.25, -0.2) is 12.7 Å². The van der Waals surface area contributed by atoms with Crippen molar-refractivity contribution in [3.63, 3.8) is 0 Å². The van der Waals surface area contributed by atoms with E-state index in [0.717, 1.165) is 47.4 Å². The van der Waals surface area contributed by atoms with E-state index in [9.17, 15) is 13.2 Å². The van der Waals surface area contributed by atoms with Crippen molar-refractivity contribution in [3.8, 4) is 0 Å². The molecule has 158 valence electrons. The highest BCUT2D eigenvalue weighted by molar-refractivity contribution is 7.89. The van der Waals surface area contributed by atoms with Gasteiger partial charge in [-0.15, -0.1) is 10.2 Å². The van der Waals surface area contributed by atoms with Gasteiger partial charge in [0, 0.05) is 38.8 Å². The predicted octanol–water partition coefficient (Wildman–Crippen LogP) is 3.15. The average Bonchev–Trinajstić information content (AvgIpc) is 3.17. The molecule has 0 unspecified atom stereocenters. The Morgan fingerprint density at radius 2 is 1.86 bits per heavy atom. The lowest BCUT2D eigenvalue weighted by Crippen LogP contribution is -2.32. The number of carbonyl (C=O) groups is 1. The summed E-state index contributed by atoms with van der Waals surface area (Å²) in [6.45, 7) is 5.71. The summed E-state index contributed by atoms with van der Waals surface area (Å²) < 4.78 is 26.3. The predicted molar refractivity (Wildman–Crippen MR) is 115 cm³/mol. The number of carbonyl (C=O) groups excluding carboxylic acids is 1. The number of rotatable bonds is 6. The van der Waals surface area contributed by atoms with Crippen LogP contribution in [-0.2, 0) is 10.0 Å². The van der Waals surface area contributed by atoms with E-state index in [1.807, 2.05) is 13.8 Å². The lowest BCUT2D eigenvalue weighted by Gasteiger charge is -2.30. The largest absolute Gasteiger partial charge is 0.371 e. The second-order valence-electron chi connectivity index (χ2n) is 7.57. The maximum absolute atomic E-state index is 13.1. The first kappa shape index (κ1) is 21.7. The average molecular weight is 438 g/mol. The molecule has 1 aromatic heterocycles. The summed E-state index contributed by atoms with van der Waals surface area (Å²) in [6.07, 6.45) is 3.26. The van der Waals surface area contributed by atoms with Gasteiger partial charge in [-0.3, -0.25) is 10.1 Å². The summed E-state index contributed by atoms with van der Waals surface area (Å²) >= 11 is 1.33. The van der Waals surface area contributed by atoms with Crippen molar-refractivity contribution in [3.05, 3.63) is 28.8 Å². The van der Waals surface area contributed by atoms with Gasteiger partial charge in [-0.1, -0.05) is 25.2 Å². The molecule has 0 aliphatic carbocycles. The molecular formula is C19H27N5O3S2. The van der Waals surface area contributed by atoms with Crippen LogP contribution >= 0.6 is 11.3 Å². The summed E-state index contributed by atoms with van der Waals surface area (Å²) in [7, 11) is -0.702. The maximum atomic E-state index is 13.1. The van der Waals surface area contributed by atoms with Crippen LogP contribution in [0.3, 0.4) is 0 Å². The van der Waals surface area contributed by atoms with Crippen LogP contribution in [0.25, 0.3) is 0 Å². The molecule has 0 atom stereocenters. The smallest absolute Gasteiger partial charge is 0.259 e. The van der Waals surface area contributed by atoms with E-state index in [4.69, 9.17) is 0 Å². The molecule has 1 aliphatic heterocycles. The molecule has 10 heteroatoms. The van der Waals surface area contributed by atoms with Crippen molar-refractivity contribution in [2.45, 2.75) is 43.9 Å². The van der Waals surface area contributed by atoms with E-state index in [1.165, 1.54) is 31.5 Å². The van der Waals surface area contributed by atoms with E-state index in [0.29, 0.717) is 10.7 Å². The number of benzene rings is 1. The van der Waals surface area contributed by atoms with Gasteiger partial charge in [-0.2, -0.15) is 0 Å². The maximum Gasteiger partial charge on any atom is 0.259 e. The lowest BCUT2D eigenvalue weighted by molar-refractivity contribution is 0.102. The third-order valence-electron chi connectivity index (χ3n) is 4.84. The molecule has 1 aliphatic rings. The van der Waals surface area contributed by atoms with Crippen molar-refractivity contribution >= 4 is 38.1 Å². The fourth-order valence-electron chi connectivity index (χ4n) is 3.16. The van der Waals surface area contributed by atoms with E-state index < -0.39 is 10.0 Å². The number of sulfonamides is 1. The molecule has 1 amide bonds. The summed E-state index contributed by atoms with van der Waals surface area (Å²) in [5, 5.41) is 12.2. The highest BCUT2D eigenvalue weighted by atomic mass is 32.2. The molecule has 8 nitrogen and oxygen atoms in total. The van der Waals surface area contributed by atoms with Crippen molar-refractivity contribution in [2.75, 3.05) is 37.4 Å². The molecule has 1 saturated heterocycles. The second-order valence-corrected chi connectivity index (χ2v) is 10.7. The first-order valence-corrected chi connectivity index (χ1v) is 11.9. The van der Waals surface area contributed by atoms with E-state index in [-0.39, 0.29) is 16.7 Å². The standard InChI is InChI=1S/C19H27N5O3S2/c1-13(2)18-21-22-19(28-18)20-17(25)15-12-14(29(26,27)23(3)4)8-9-16(15)24-10-6-5-7-11-24/h8-9,12-13H,5-7,10-11H2,1-4H3,(H,20,22,25). The van der Waals surface area contributed by atoms with Crippen LogP contribution in [0.4, 0.5) is 10.8 Å². The van der Waals surface area contributed by atoms with Gasteiger partial charge in [0.05, 0.1) is 10.5 Å². The zero-order valence-electron chi connectivity index (χ0n) is 17.2. The minimum absolute atomic E-state index is 0.0912. The molecule has 0 radical (unpaired) electrons. The van der Waals surface area contributed by atoms with Crippen LogP contribution in [0, 0.1) is 0 Å². The molecule has 1 N–H and O–H groups in total. The van der Waals surface area contributed by atoms with Crippen molar-refractivity contribution in [1.82, 2.24) is 14.5 Å². The summed E-state index contributed by atoms with van der Waals surface area (Å²) in [5.74, 6) is -0.163. The van der Waals surface area contributed by atoms with Gasteiger partial charge in [-0.05, 0) is 37.5 Å². The Balaban J connectivity index is 1.98. The number of amides is 1. The monoisotopic (exact) mass is 437 g/mol. The zero-order valence-corrected chi connectivity index (χ0v) is 18.8. The van der Waals surface area contributed by atoms with Crippen LogP contribution in [-0.4, -0.2) is 56.0 Å². The molecule has 29 heavy (non-hydrogen) atoms. The molecule has 0 bridgehead atoms. The molecular weight excluding hydrogens is 410 g/mol. The number of anilines is 2. The summed E-state index contributed by atoms with van der Waals surface area (Å²) in [6, 6.07) is 4.76. The highest BCUT2D eigenvalue weighted by Crippen LogP contribution is 2.29. The quantitative estimate of drug-likeness (QED) is 0.746. The van der Waals surface area contributed by atoms with Crippen molar-refractivity contribution in [1.29, 1.82) is 0 Å². The number of piperidine rings is 1. The van der Waals surface area contributed by atoms with Gasteiger partial charge < -0.3 is 4.90 Å². The molecule has 3 rings (SSSR count). The molecule has 1 aromatic carbocycles. The van der Waals surface area contributed by atoms with Gasteiger partial charge in [0.25, 0.3) is 5.91 Å². The van der Waals surface area contributed by atoms with Crippen LogP contribution in [0.1, 0.15) is 54.4 Å². The van der Waals surface area contributed by atoms with Crippen LogP contribution in [0.2, 0.25) is 0 Å². The fraction of sp³-hybridized carbons (Fsp3) is 0.526. The zero-order chi connectivity index (χ0) is 21.2. The molecule has 2 aromatic rings. The normalized spacial score (nSPS) is 15.2. The Labute approximate surface area is 176 Å². The Kier molecular flexibility index (Phi) is 6.55. The van der Waals surface area contributed by atoms with Crippen LogP contribution < -0.4 is 10.2 Å². The topological polar surface area (TPSA) is 95.5 Å². The Morgan fingerprint density at radius 1 is 1.17 bits per heavy atom. The van der Waals surface area contributed by atoms with Gasteiger partial charge in [0.15, 0.2) is 0 Å². The van der Waals surface area contributed by atoms with Crippen LogP contribution in [0.15, 0.2) is 23.1 Å². The number of hydrogen-bond acceptors (Lipinski definition) is 7. The summed E-state index contributed by atoms with van der Waals surface area (Å²) in [4.78, 5) is 15.3. The van der Waals surface area contributed by atoms with E-state index in [1.54, 1.807) is 12.1 Å². The van der Waals surface area contributed by atoms with E-state index >= 15 is 0 Å². The third kappa shape index (κ3) is 4.76.